The normalized spacial score (nSPS) is 26.7. The molecule has 1 saturated heterocycles. The molecule has 5 heteroatoms. The number of hydrogen-bond donors (Lipinski definition) is 1. The predicted molar refractivity (Wildman–Crippen MR) is 69.7 cm³/mol. The van der Waals surface area contributed by atoms with Gasteiger partial charge in [-0.25, -0.2) is 4.79 Å². The summed E-state index contributed by atoms with van der Waals surface area (Å²) in [5.41, 5.74) is 0. The second kappa shape index (κ2) is 5.90. The highest BCUT2D eigenvalue weighted by Gasteiger charge is 2.40. The van der Waals surface area contributed by atoms with E-state index in [-0.39, 0.29) is 5.91 Å². The highest BCUT2D eigenvalue weighted by Crippen LogP contribution is 2.30. The van der Waals surface area contributed by atoms with E-state index in [1.54, 1.807) is 0 Å². The second-order valence-corrected chi connectivity index (χ2v) is 5.97. The summed E-state index contributed by atoms with van der Waals surface area (Å²) in [4.78, 5) is 25.2. The average molecular weight is 269 g/mol. The minimum Gasteiger partial charge on any atom is -0.479 e. The molecule has 5 nitrogen and oxygen atoms in total. The summed E-state index contributed by atoms with van der Waals surface area (Å²) in [7, 11) is 0. The number of ether oxygens (including phenoxy) is 1. The number of hydrogen-bond acceptors (Lipinski definition) is 3. The zero-order chi connectivity index (χ0) is 14.0. The summed E-state index contributed by atoms with van der Waals surface area (Å²) < 4.78 is 5.36. The van der Waals surface area contributed by atoms with Crippen molar-refractivity contribution in [1.82, 2.24) is 4.90 Å². The third kappa shape index (κ3) is 3.69. The molecule has 19 heavy (non-hydrogen) atoms. The highest BCUT2D eigenvalue weighted by atomic mass is 16.5. The lowest BCUT2D eigenvalue weighted by atomic mass is 10.1. The van der Waals surface area contributed by atoms with E-state index in [1.165, 1.54) is 0 Å². The van der Waals surface area contributed by atoms with Crippen LogP contribution in [0.2, 0.25) is 0 Å². The van der Waals surface area contributed by atoms with Gasteiger partial charge in [0.15, 0.2) is 6.10 Å². The van der Waals surface area contributed by atoms with Crippen molar-refractivity contribution in [3.8, 4) is 0 Å². The van der Waals surface area contributed by atoms with E-state index in [9.17, 15) is 9.59 Å². The second-order valence-electron chi connectivity index (χ2n) is 5.97. The van der Waals surface area contributed by atoms with Crippen LogP contribution in [0.15, 0.2) is 0 Å². The number of carbonyl (C=O) groups excluding carboxylic acids is 1. The number of rotatable bonds is 6. The molecule has 0 bridgehead atoms. The van der Waals surface area contributed by atoms with Crippen LogP contribution in [0.25, 0.3) is 0 Å². The van der Waals surface area contributed by atoms with E-state index in [4.69, 9.17) is 9.84 Å². The van der Waals surface area contributed by atoms with Crippen LogP contribution in [-0.2, 0) is 14.3 Å². The van der Waals surface area contributed by atoms with Gasteiger partial charge in [0.1, 0.15) is 6.10 Å². The van der Waals surface area contributed by atoms with Gasteiger partial charge in [0.05, 0.1) is 0 Å². The third-order valence-corrected chi connectivity index (χ3v) is 3.79. The fourth-order valence-corrected chi connectivity index (χ4v) is 2.44. The quantitative estimate of drug-likeness (QED) is 0.796. The summed E-state index contributed by atoms with van der Waals surface area (Å²) >= 11 is 0. The number of aliphatic carboxylic acids is 1. The molecule has 0 spiro atoms. The van der Waals surface area contributed by atoms with Crippen LogP contribution in [0.1, 0.15) is 46.0 Å². The molecule has 1 N–H and O–H groups in total. The molecule has 1 amide bonds. The van der Waals surface area contributed by atoms with Gasteiger partial charge < -0.3 is 14.7 Å². The van der Waals surface area contributed by atoms with Crippen molar-refractivity contribution in [2.24, 2.45) is 5.92 Å². The lowest BCUT2D eigenvalue weighted by Gasteiger charge is -2.26. The molecule has 2 rings (SSSR count). The van der Waals surface area contributed by atoms with Crippen LogP contribution < -0.4 is 0 Å². The van der Waals surface area contributed by atoms with Crippen LogP contribution >= 0.6 is 0 Å². The number of carboxylic acid groups (broad SMARTS) is 1. The number of carboxylic acids is 1. The monoisotopic (exact) mass is 269 g/mol. The summed E-state index contributed by atoms with van der Waals surface area (Å²) in [5.74, 6) is -0.410. The fraction of sp³-hybridized carbons (Fsp3) is 0.857. The maximum Gasteiger partial charge on any atom is 0.332 e. The molecule has 1 heterocycles. The lowest BCUT2D eigenvalue weighted by Crippen LogP contribution is -2.42. The van der Waals surface area contributed by atoms with Gasteiger partial charge in [-0.1, -0.05) is 13.8 Å². The van der Waals surface area contributed by atoms with Crippen molar-refractivity contribution >= 4 is 11.9 Å². The predicted octanol–water partition coefficient (Wildman–Crippen LogP) is 1.66. The molecule has 2 atom stereocenters. The van der Waals surface area contributed by atoms with Crippen LogP contribution in [0.4, 0.5) is 0 Å². The Morgan fingerprint density at radius 3 is 2.32 bits per heavy atom. The van der Waals surface area contributed by atoms with Gasteiger partial charge in [-0.2, -0.15) is 0 Å². The van der Waals surface area contributed by atoms with E-state index < -0.39 is 18.2 Å². The third-order valence-electron chi connectivity index (χ3n) is 3.79. The number of carbonyl (C=O) groups is 2. The Hall–Kier alpha value is -1.10. The maximum atomic E-state index is 12.4. The topological polar surface area (TPSA) is 66.8 Å². The molecule has 2 fully saturated rings. The Labute approximate surface area is 113 Å². The molecule has 1 saturated carbocycles. The fourth-order valence-electron chi connectivity index (χ4n) is 2.44. The summed E-state index contributed by atoms with van der Waals surface area (Å²) in [5, 5.41) is 8.90. The zero-order valence-electron chi connectivity index (χ0n) is 11.7. The van der Waals surface area contributed by atoms with Crippen molar-refractivity contribution in [1.29, 1.82) is 0 Å². The van der Waals surface area contributed by atoms with Gasteiger partial charge in [-0.05, 0) is 38.0 Å². The highest BCUT2D eigenvalue weighted by molar-refractivity contribution is 5.83. The number of nitrogens with zero attached hydrogens (tertiary/aromatic N) is 1. The first-order chi connectivity index (χ1) is 8.99. The Balaban J connectivity index is 1.90. The smallest absolute Gasteiger partial charge is 0.332 e. The molecular weight excluding hydrogens is 246 g/mol. The number of amides is 1. The van der Waals surface area contributed by atoms with E-state index in [1.807, 2.05) is 4.90 Å². The molecule has 1 aliphatic heterocycles. The van der Waals surface area contributed by atoms with Crippen LogP contribution in [0.5, 0.6) is 0 Å². The first kappa shape index (κ1) is 14.3. The van der Waals surface area contributed by atoms with Crippen LogP contribution in [0.3, 0.4) is 0 Å². The van der Waals surface area contributed by atoms with Gasteiger partial charge >= 0.3 is 5.97 Å². The van der Waals surface area contributed by atoms with Crippen molar-refractivity contribution in [2.75, 3.05) is 6.54 Å². The van der Waals surface area contributed by atoms with E-state index in [2.05, 4.69) is 13.8 Å². The van der Waals surface area contributed by atoms with Crippen molar-refractivity contribution < 1.29 is 19.4 Å². The van der Waals surface area contributed by atoms with E-state index in [0.29, 0.717) is 24.8 Å². The first-order valence-electron chi connectivity index (χ1n) is 7.17. The summed E-state index contributed by atoms with van der Waals surface area (Å²) in [6.45, 7) is 5.04. The summed E-state index contributed by atoms with van der Waals surface area (Å²) in [6, 6.07) is 0.360. The van der Waals surface area contributed by atoms with Crippen LogP contribution in [-0.4, -0.2) is 46.7 Å². The van der Waals surface area contributed by atoms with Gasteiger partial charge in [0, 0.05) is 12.6 Å². The molecule has 0 unspecified atom stereocenters. The largest absolute Gasteiger partial charge is 0.479 e. The molecule has 108 valence electrons. The van der Waals surface area contributed by atoms with Crippen molar-refractivity contribution in [2.45, 2.75) is 64.2 Å². The van der Waals surface area contributed by atoms with Gasteiger partial charge in [-0.3, -0.25) is 4.79 Å². The molecule has 0 aromatic carbocycles. The minimum atomic E-state index is -0.963. The average Bonchev–Trinajstić information content (AvgIpc) is 3.05. The Bertz CT molecular complexity index is 351. The standard InChI is InChI=1S/C14H23NO4/c1-9(2)7-8-15(10-3-4-10)13(16)11-5-6-12(19-11)14(17)18/h9-12H,3-8H2,1-2H3,(H,17,18)/t11-,12+/m0/s1. The molecule has 2 aliphatic rings. The van der Waals surface area contributed by atoms with Gasteiger partial charge in [0.2, 0.25) is 0 Å². The maximum absolute atomic E-state index is 12.4. The Kier molecular flexibility index (Phi) is 4.45. The Morgan fingerprint density at radius 2 is 1.84 bits per heavy atom. The van der Waals surface area contributed by atoms with Gasteiger partial charge in [0.25, 0.3) is 5.91 Å². The molecule has 0 radical (unpaired) electrons. The molecule has 1 aliphatic carbocycles. The SMILES string of the molecule is CC(C)CCN(C(=O)[C@@H]1CC[C@H](C(=O)O)O1)C1CC1. The first-order valence-corrected chi connectivity index (χ1v) is 7.17. The van der Waals surface area contributed by atoms with Gasteiger partial charge in [-0.15, -0.1) is 0 Å². The zero-order valence-corrected chi connectivity index (χ0v) is 11.7. The Morgan fingerprint density at radius 1 is 1.21 bits per heavy atom. The van der Waals surface area contributed by atoms with E-state index in [0.717, 1.165) is 25.8 Å². The lowest BCUT2D eigenvalue weighted by molar-refractivity contribution is -0.155. The molecule has 0 aromatic heterocycles. The molecular formula is C14H23NO4. The van der Waals surface area contributed by atoms with Crippen molar-refractivity contribution in [3.05, 3.63) is 0 Å². The van der Waals surface area contributed by atoms with Crippen LogP contribution in [0, 0.1) is 5.92 Å². The molecule has 0 aromatic rings. The minimum absolute atomic E-state index is 0.00750. The summed E-state index contributed by atoms with van der Waals surface area (Å²) in [6.07, 6.45) is 2.73. The van der Waals surface area contributed by atoms with Crippen molar-refractivity contribution in [3.63, 3.8) is 0 Å². The van der Waals surface area contributed by atoms with E-state index >= 15 is 0 Å².